The lowest BCUT2D eigenvalue weighted by Gasteiger charge is -2.24. The number of nitrogens with one attached hydrogen (secondary N) is 1. The largest absolute Gasteiger partial charge is 0.336 e. The number of hydrogen-bond acceptors (Lipinski definition) is 4. The third-order valence-corrected chi connectivity index (χ3v) is 6.75. The molecule has 1 atom stereocenters. The molecule has 8 heteroatoms. The van der Waals surface area contributed by atoms with E-state index < -0.39 is 9.17 Å². The van der Waals surface area contributed by atoms with Crippen molar-refractivity contribution in [2.75, 3.05) is 0 Å². The summed E-state index contributed by atoms with van der Waals surface area (Å²) in [5, 5.41) is 2.02. The number of nitrogens with zero attached hydrogens (tertiary/aromatic N) is 1. The Morgan fingerprint density at radius 2 is 1.96 bits per heavy atom. The molecule has 0 aliphatic heterocycles. The van der Waals surface area contributed by atoms with Gasteiger partial charge in [-0.3, -0.25) is 4.79 Å². The summed E-state index contributed by atoms with van der Waals surface area (Å²) in [6, 6.07) is 15.0. The Morgan fingerprint density at radius 1 is 1.20 bits per heavy atom. The van der Waals surface area contributed by atoms with Crippen LogP contribution in [0.15, 0.2) is 52.9 Å². The minimum absolute atomic E-state index is 0.298. The number of fused-ring (bicyclic) bond motifs is 1. The highest BCUT2D eigenvalue weighted by Crippen LogP contribution is 2.41. The monoisotopic (exact) mass is 430 g/mol. The van der Waals surface area contributed by atoms with E-state index in [-0.39, 0.29) is 5.91 Å². The number of carbonyl (C=O) groups is 1. The highest BCUT2D eigenvalue weighted by molar-refractivity contribution is 8.02. The van der Waals surface area contributed by atoms with Crippen molar-refractivity contribution in [3.8, 4) is 0 Å². The quantitative estimate of drug-likeness (QED) is 0.321. The fourth-order valence-electron chi connectivity index (χ4n) is 2.17. The first-order valence-corrected chi connectivity index (χ1v) is 10.1. The molecular weight excluding hydrogens is 419 g/mol. The van der Waals surface area contributed by atoms with Crippen LogP contribution < -0.4 is 5.32 Å². The molecule has 0 spiro atoms. The summed E-state index contributed by atoms with van der Waals surface area (Å²) < 4.78 is 0.0855. The number of thiazole rings is 1. The first-order valence-electron chi connectivity index (χ1n) is 7.29. The Kier molecular flexibility index (Phi) is 5.81. The van der Waals surface area contributed by atoms with Crippen molar-refractivity contribution in [2.45, 2.75) is 20.4 Å². The van der Waals surface area contributed by atoms with E-state index in [1.54, 1.807) is 12.1 Å². The maximum atomic E-state index is 12.5. The zero-order valence-corrected chi connectivity index (χ0v) is 16.9. The number of halogens is 3. The van der Waals surface area contributed by atoms with Gasteiger partial charge in [-0.15, -0.1) is 11.3 Å². The third kappa shape index (κ3) is 4.80. The highest BCUT2D eigenvalue weighted by atomic mass is 35.6. The molecule has 1 unspecified atom stereocenters. The first-order chi connectivity index (χ1) is 11.8. The lowest BCUT2D eigenvalue weighted by molar-refractivity contribution is 0.0950. The van der Waals surface area contributed by atoms with E-state index in [0.29, 0.717) is 5.56 Å². The summed E-state index contributed by atoms with van der Waals surface area (Å²) in [5.41, 5.74) is 2.38. The number of alkyl halides is 3. The predicted octanol–water partition coefficient (Wildman–Crippen LogP) is 5.82. The van der Waals surface area contributed by atoms with Gasteiger partial charge in [-0.2, -0.15) is 0 Å². The predicted molar refractivity (Wildman–Crippen MR) is 108 cm³/mol. The molecule has 25 heavy (non-hydrogen) atoms. The van der Waals surface area contributed by atoms with E-state index in [0.717, 1.165) is 20.1 Å². The van der Waals surface area contributed by atoms with Gasteiger partial charge in [-0.1, -0.05) is 76.4 Å². The smallest absolute Gasteiger partial charge is 0.252 e. The van der Waals surface area contributed by atoms with Gasteiger partial charge in [0, 0.05) is 5.56 Å². The Hall–Kier alpha value is -0.980. The van der Waals surface area contributed by atoms with Gasteiger partial charge in [0.25, 0.3) is 5.91 Å². The number of amides is 1. The second-order valence-corrected chi connectivity index (χ2v) is 10.1. The SMILES string of the molecule is Cc1cccc(C(=O)NC(Sc2nc3ccccc3s2)C(Cl)(Cl)Cl)c1. The fourth-order valence-corrected chi connectivity index (χ4v) is 4.83. The summed E-state index contributed by atoms with van der Waals surface area (Å²) in [6.45, 7) is 1.92. The van der Waals surface area contributed by atoms with E-state index in [1.165, 1.54) is 23.1 Å². The molecule has 1 aromatic heterocycles. The number of aromatic nitrogens is 1. The van der Waals surface area contributed by atoms with Crippen LogP contribution in [0.5, 0.6) is 0 Å². The summed E-state index contributed by atoms with van der Waals surface area (Å²) in [7, 11) is 0. The van der Waals surface area contributed by atoms with Gasteiger partial charge in [0.1, 0.15) is 5.37 Å². The van der Waals surface area contributed by atoms with Crippen molar-refractivity contribution in [1.82, 2.24) is 10.3 Å². The first kappa shape index (κ1) is 18.8. The second kappa shape index (κ2) is 7.72. The van der Waals surface area contributed by atoms with Crippen molar-refractivity contribution in [1.29, 1.82) is 0 Å². The maximum Gasteiger partial charge on any atom is 0.252 e. The van der Waals surface area contributed by atoms with Crippen molar-refractivity contribution < 1.29 is 4.79 Å². The number of benzene rings is 2. The van der Waals surface area contributed by atoms with Crippen molar-refractivity contribution in [2.24, 2.45) is 0 Å². The molecule has 3 aromatic rings. The number of thioether (sulfide) groups is 1. The summed E-state index contributed by atoms with van der Waals surface area (Å²) in [4.78, 5) is 17.0. The van der Waals surface area contributed by atoms with Crippen LogP contribution in [0.4, 0.5) is 0 Å². The number of carbonyl (C=O) groups excluding carboxylic acids is 1. The molecule has 3 nitrogen and oxygen atoms in total. The van der Waals surface area contributed by atoms with E-state index >= 15 is 0 Å². The minimum Gasteiger partial charge on any atom is -0.336 e. The average Bonchev–Trinajstić information content (AvgIpc) is 2.95. The molecule has 0 bridgehead atoms. The molecular formula is C17H13Cl3N2OS2. The van der Waals surface area contributed by atoms with E-state index in [9.17, 15) is 4.79 Å². The van der Waals surface area contributed by atoms with Crippen molar-refractivity contribution >= 4 is 74.0 Å². The highest BCUT2D eigenvalue weighted by Gasteiger charge is 2.36. The van der Waals surface area contributed by atoms with Crippen LogP contribution in [0.2, 0.25) is 0 Å². The van der Waals surface area contributed by atoms with Crippen molar-refractivity contribution in [3.63, 3.8) is 0 Å². The maximum absolute atomic E-state index is 12.5. The van der Waals surface area contributed by atoms with Crippen LogP contribution in [0.3, 0.4) is 0 Å². The van der Waals surface area contributed by atoms with E-state index in [2.05, 4.69) is 10.3 Å². The molecule has 2 aromatic carbocycles. The van der Waals surface area contributed by atoms with E-state index in [4.69, 9.17) is 34.8 Å². The average molecular weight is 432 g/mol. The fraction of sp³-hybridized carbons (Fsp3) is 0.176. The number of rotatable bonds is 4. The normalized spacial score (nSPS) is 13.0. The topological polar surface area (TPSA) is 42.0 Å². The minimum atomic E-state index is -1.68. The molecule has 0 saturated heterocycles. The lowest BCUT2D eigenvalue weighted by atomic mass is 10.1. The Balaban J connectivity index is 1.81. The molecule has 3 rings (SSSR count). The summed E-state index contributed by atoms with van der Waals surface area (Å²) >= 11 is 21.0. The summed E-state index contributed by atoms with van der Waals surface area (Å²) in [5.74, 6) is -0.298. The molecule has 0 aliphatic rings. The van der Waals surface area contributed by atoms with Gasteiger partial charge in [-0.25, -0.2) is 4.98 Å². The van der Waals surface area contributed by atoms with Crippen LogP contribution in [0.1, 0.15) is 15.9 Å². The van der Waals surface area contributed by atoms with Gasteiger partial charge in [-0.05, 0) is 31.2 Å². The zero-order chi connectivity index (χ0) is 18.0. The molecule has 1 heterocycles. The molecule has 1 amide bonds. The molecule has 130 valence electrons. The molecule has 0 fully saturated rings. The van der Waals surface area contributed by atoms with Gasteiger partial charge in [0.2, 0.25) is 3.79 Å². The second-order valence-electron chi connectivity index (χ2n) is 5.33. The van der Waals surface area contributed by atoms with Crippen LogP contribution in [-0.2, 0) is 0 Å². The Bertz CT molecular complexity index is 875. The molecule has 0 saturated carbocycles. The van der Waals surface area contributed by atoms with Crippen LogP contribution in [0.25, 0.3) is 10.2 Å². The van der Waals surface area contributed by atoms with Crippen LogP contribution in [0, 0.1) is 6.92 Å². The zero-order valence-electron chi connectivity index (χ0n) is 13.0. The van der Waals surface area contributed by atoms with Crippen LogP contribution in [-0.4, -0.2) is 20.1 Å². The molecule has 0 radical (unpaired) electrons. The van der Waals surface area contributed by atoms with Gasteiger partial charge in [0.05, 0.1) is 10.2 Å². The molecule has 1 N–H and O–H groups in total. The third-order valence-electron chi connectivity index (χ3n) is 3.33. The van der Waals surface area contributed by atoms with Crippen LogP contribution >= 0.6 is 57.9 Å². The van der Waals surface area contributed by atoms with Gasteiger partial charge >= 0.3 is 0 Å². The summed E-state index contributed by atoms with van der Waals surface area (Å²) in [6.07, 6.45) is 0. The van der Waals surface area contributed by atoms with E-state index in [1.807, 2.05) is 43.3 Å². The molecule has 0 aliphatic carbocycles. The Labute approximate surface area is 168 Å². The van der Waals surface area contributed by atoms with Crippen molar-refractivity contribution in [3.05, 3.63) is 59.7 Å². The number of aryl methyl sites for hydroxylation is 1. The standard InChI is InChI=1S/C17H13Cl3N2OS2/c1-10-5-4-6-11(9-10)14(23)22-15(17(18,19)20)25-16-21-12-7-2-3-8-13(12)24-16/h2-9,15H,1H3,(H,22,23). The Morgan fingerprint density at radius 3 is 2.64 bits per heavy atom. The van der Waals surface area contributed by atoms with Gasteiger partial charge < -0.3 is 5.32 Å². The lowest BCUT2D eigenvalue weighted by Crippen LogP contribution is -2.41. The van der Waals surface area contributed by atoms with Gasteiger partial charge in [0.15, 0.2) is 4.34 Å². The number of hydrogen-bond donors (Lipinski definition) is 1. The number of para-hydroxylation sites is 1.